The van der Waals surface area contributed by atoms with Crippen LogP contribution in [-0.2, 0) is 28.4 Å². The van der Waals surface area contributed by atoms with Crippen LogP contribution in [0.4, 0.5) is 0 Å². The topological polar surface area (TPSA) is 158 Å². The van der Waals surface area contributed by atoms with Crippen molar-refractivity contribution >= 4 is 35.8 Å². The molecule has 3 rings (SSSR count). The minimum absolute atomic E-state index is 0. The Kier molecular flexibility index (Phi) is 36.9. The Morgan fingerprint density at radius 1 is 0.315 bits per heavy atom. The Balaban J connectivity index is 0.00000107. The highest BCUT2D eigenvalue weighted by Crippen LogP contribution is 2.18. The summed E-state index contributed by atoms with van der Waals surface area (Å²) in [7, 11) is 0. The van der Waals surface area contributed by atoms with Crippen molar-refractivity contribution in [3.63, 3.8) is 0 Å². The molecular weight excluding hydrogens is 925 g/mol. The monoisotopic (exact) mass is 1020 g/mol. The lowest BCUT2D eigenvalue weighted by atomic mass is 10.0. The molecule has 0 fully saturated rings. The molecule has 0 heterocycles. The Morgan fingerprint density at radius 3 is 0.616 bits per heavy atom. The third-order valence-corrected chi connectivity index (χ3v) is 11.7. The van der Waals surface area contributed by atoms with Gasteiger partial charge in [0.1, 0.15) is 0 Å². The minimum atomic E-state index is -0.374. The van der Waals surface area contributed by atoms with Crippen molar-refractivity contribution in [3.05, 3.63) is 106 Å². The van der Waals surface area contributed by atoms with E-state index in [9.17, 15) is 28.8 Å². The maximum absolute atomic E-state index is 12.2. The van der Waals surface area contributed by atoms with Gasteiger partial charge >= 0.3 is 35.8 Å². The van der Waals surface area contributed by atoms with E-state index in [4.69, 9.17) is 28.4 Å². The van der Waals surface area contributed by atoms with Crippen LogP contribution in [0.5, 0.6) is 0 Å². The van der Waals surface area contributed by atoms with Crippen LogP contribution in [0.2, 0.25) is 0 Å². The summed E-state index contributed by atoms with van der Waals surface area (Å²) in [5.41, 5.74) is 2.71. The smallest absolute Gasteiger partial charge is 0.338 e. The molecule has 3 unspecified atom stereocenters. The normalized spacial score (nSPS) is 11.9. The summed E-state index contributed by atoms with van der Waals surface area (Å²) in [5.74, 6) is 0.00800. The number of carbonyl (C=O) groups is 6. The van der Waals surface area contributed by atoms with Crippen LogP contribution in [0.15, 0.2) is 72.8 Å². The van der Waals surface area contributed by atoms with Crippen LogP contribution in [0.25, 0.3) is 0 Å². The van der Waals surface area contributed by atoms with Crippen LogP contribution < -0.4 is 0 Å². The Morgan fingerprint density at radius 2 is 0.479 bits per heavy atom. The molecule has 73 heavy (non-hydrogen) atoms. The molecule has 0 radical (unpaired) electrons. The minimum Gasteiger partial charge on any atom is -0.462 e. The van der Waals surface area contributed by atoms with Gasteiger partial charge in [-0.1, -0.05) is 148 Å². The van der Waals surface area contributed by atoms with E-state index in [2.05, 4.69) is 41.5 Å². The summed E-state index contributed by atoms with van der Waals surface area (Å²) >= 11 is 0. The fraction of sp³-hybridized carbons (Fsp3) is 0.607. The van der Waals surface area contributed by atoms with E-state index in [1.54, 1.807) is 72.8 Å². The van der Waals surface area contributed by atoms with Gasteiger partial charge in [-0.15, -0.1) is 0 Å². The van der Waals surface area contributed by atoms with Crippen LogP contribution in [0.1, 0.15) is 230 Å². The first-order valence-corrected chi connectivity index (χ1v) is 26.8. The van der Waals surface area contributed by atoms with Crippen LogP contribution in [0.3, 0.4) is 0 Å². The van der Waals surface area contributed by atoms with Gasteiger partial charge in [0.2, 0.25) is 0 Å². The standard InChI is InChI=1S/C24H38O4.C20H30O4.C16H22O4.CH4/c1-5-9-11-19(7-3)17-27-23(25)21-13-15-22(16-14-21)24(26)28-18-20(8-4)12-10-6-2;1-5-7-8-16(6-2)14-24-20(22)18-11-9-17(10-12-18)19(21)23-13-15(3)4;1-11(2)9-19-15(17)13-5-7-14(8-6-13)16(18)20-10-12(3)4;/h13-16,19-20H,5-12,17-18H2,1-4H3;9-12,15-16H,5-8,13-14H2,1-4H3;5-8,11-12H,9-10H2,1-4H3;1H4. The summed E-state index contributed by atoms with van der Waals surface area (Å²) in [6, 6.07) is 19.3. The Hall–Kier alpha value is -5.52. The first kappa shape index (κ1) is 67.5. The lowest BCUT2D eigenvalue weighted by Gasteiger charge is -2.15. The number of rotatable bonds is 30. The summed E-state index contributed by atoms with van der Waals surface area (Å²) in [6.45, 7) is 27.2. The number of hydrogen-bond acceptors (Lipinski definition) is 12. The van der Waals surface area contributed by atoms with Crippen LogP contribution >= 0.6 is 0 Å². The van der Waals surface area contributed by atoms with Gasteiger partial charge in [-0.05, 0) is 128 Å². The number of esters is 6. The molecular formula is C61H94O12. The zero-order chi connectivity index (χ0) is 53.8. The highest BCUT2D eigenvalue weighted by atomic mass is 16.6. The lowest BCUT2D eigenvalue weighted by Crippen LogP contribution is -2.15. The van der Waals surface area contributed by atoms with E-state index < -0.39 is 0 Å². The van der Waals surface area contributed by atoms with Gasteiger partial charge in [-0.25, -0.2) is 28.8 Å². The fourth-order valence-electron chi connectivity index (χ4n) is 6.73. The fourth-order valence-corrected chi connectivity index (χ4v) is 6.73. The molecule has 0 aliphatic heterocycles. The van der Waals surface area contributed by atoms with E-state index in [1.165, 1.54) is 0 Å². The molecule has 0 amide bonds. The second-order valence-electron chi connectivity index (χ2n) is 19.8. The van der Waals surface area contributed by atoms with Crippen LogP contribution in [-0.4, -0.2) is 75.5 Å². The van der Waals surface area contributed by atoms with Crippen molar-refractivity contribution in [3.8, 4) is 0 Å². The summed E-state index contributed by atoms with van der Waals surface area (Å²) in [6.07, 6.45) is 13.2. The third-order valence-electron chi connectivity index (χ3n) is 11.7. The molecule has 3 atom stereocenters. The van der Waals surface area contributed by atoms with Gasteiger partial charge < -0.3 is 28.4 Å². The Bertz CT molecular complexity index is 1870. The molecule has 3 aromatic rings. The lowest BCUT2D eigenvalue weighted by molar-refractivity contribution is 0.0414. The number of unbranched alkanes of at least 4 members (excludes halogenated alkanes) is 3. The van der Waals surface area contributed by atoms with Crippen LogP contribution in [0, 0.1) is 35.5 Å². The van der Waals surface area contributed by atoms with Crippen molar-refractivity contribution in [1.29, 1.82) is 0 Å². The average molecular weight is 1020 g/mol. The first-order chi connectivity index (χ1) is 34.4. The van der Waals surface area contributed by atoms with E-state index in [0.29, 0.717) is 109 Å². The van der Waals surface area contributed by atoms with E-state index in [0.717, 1.165) is 77.0 Å². The molecule has 0 saturated heterocycles. The number of ether oxygens (including phenoxy) is 6. The number of hydrogen-bond donors (Lipinski definition) is 0. The predicted molar refractivity (Wildman–Crippen MR) is 292 cm³/mol. The molecule has 0 bridgehead atoms. The van der Waals surface area contributed by atoms with Crippen molar-refractivity contribution < 1.29 is 57.2 Å². The van der Waals surface area contributed by atoms with Crippen molar-refractivity contribution in [2.24, 2.45) is 35.5 Å². The Labute approximate surface area is 440 Å². The third kappa shape index (κ3) is 29.7. The van der Waals surface area contributed by atoms with Gasteiger partial charge in [-0.3, -0.25) is 0 Å². The van der Waals surface area contributed by atoms with Gasteiger partial charge in [0, 0.05) is 0 Å². The molecule has 12 heteroatoms. The van der Waals surface area contributed by atoms with E-state index >= 15 is 0 Å². The van der Waals surface area contributed by atoms with Gasteiger partial charge in [0.15, 0.2) is 0 Å². The highest BCUT2D eigenvalue weighted by Gasteiger charge is 2.17. The van der Waals surface area contributed by atoms with Gasteiger partial charge in [0.05, 0.1) is 73.0 Å². The second kappa shape index (κ2) is 39.9. The summed E-state index contributed by atoms with van der Waals surface area (Å²) in [4.78, 5) is 71.8. The highest BCUT2D eigenvalue weighted by molar-refractivity contribution is 5.95. The van der Waals surface area contributed by atoms with E-state index in [-0.39, 0.29) is 43.2 Å². The summed E-state index contributed by atoms with van der Waals surface area (Å²) in [5, 5.41) is 0. The molecule has 0 aliphatic carbocycles. The molecule has 0 N–H and O–H groups in total. The van der Waals surface area contributed by atoms with Crippen molar-refractivity contribution in [2.45, 2.75) is 168 Å². The molecule has 3 aromatic carbocycles. The molecule has 0 spiro atoms. The molecule has 410 valence electrons. The molecule has 12 nitrogen and oxygen atoms in total. The largest absolute Gasteiger partial charge is 0.462 e. The quantitative estimate of drug-likeness (QED) is 0.0460. The average Bonchev–Trinajstić information content (AvgIpc) is 3.39. The van der Waals surface area contributed by atoms with Crippen molar-refractivity contribution in [1.82, 2.24) is 0 Å². The predicted octanol–water partition coefficient (Wildman–Crippen LogP) is 15.3. The number of benzene rings is 3. The SMILES string of the molecule is C.CC(C)COC(=O)c1ccc(C(=O)OCC(C)C)cc1.CCCCC(CC)COC(=O)c1ccc(C(=O)OCC(C)C)cc1.CCCCC(CC)COC(=O)c1ccc(C(=O)OCC(CC)CCCC)cc1. The zero-order valence-electron chi connectivity index (χ0n) is 46.0. The van der Waals surface area contributed by atoms with E-state index in [1.807, 2.05) is 41.5 Å². The molecule has 0 aromatic heterocycles. The van der Waals surface area contributed by atoms with Gasteiger partial charge in [-0.2, -0.15) is 0 Å². The maximum atomic E-state index is 12.2. The molecule has 0 saturated carbocycles. The maximum Gasteiger partial charge on any atom is 0.338 e. The van der Waals surface area contributed by atoms with Crippen molar-refractivity contribution in [2.75, 3.05) is 39.6 Å². The molecule has 0 aliphatic rings. The second-order valence-corrected chi connectivity index (χ2v) is 19.8. The van der Waals surface area contributed by atoms with Gasteiger partial charge in [0.25, 0.3) is 0 Å². The summed E-state index contributed by atoms with van der Waals surface area (Å²) < 4.78 is 31.7. The number of carbonyl (C=O) groups excluding carboxylic acids is 6. The first-order valence-electron chi connectivity index (χ1n) is 26.8. The zero-order valence-corrected chi connectivity index (χ0v) is 46.0.